The Kier molecular flexibility index (Phi) is 7.39. The number of likely N-dealkylation sites (tertiary alicyclic amines) is 1. The van der Waals surface area contributed by atoms with Crippen molar-refractivity contribution >= 4 is 22.8 Å². The SMILES string of the molecule is CCOCCOCc1cccc(NC(=O)N2CCCC2c2nc3ccccc3n2CC)c1. The summed E-state index contributed by atoms with van der Waals surface area (Å²) in [4.78, 5) is 20.0. The number of ether oxygens (including phenoxy) is 2. The van der Waals surface area contributed by atoms with E-state index in [2.05, 4.69) is 22.9 Å². The molecular formula is C25H32N4O3. The highest BCUT2D eigenvalue weighted by atomic mass is 16.5. The van der Waals surface area contributed by atoms with E-state index in [4.69, 9.17) is 14.5 Å². The second kappa shape index (κ2) is 10.6. The molecule has 7 heteroatoms. The Hall–Kier alpha value is -2.90. The van der Waals surface area contributed by atoms with E-state index in [-0.39, 0.29) is 12.1 Å². The minimum absolute atomic E-state index is 0.0209. The standard InChI is InChI=1S/C25H32N4O3/c1-3-28-22-12-6-5-11-21(22)27-24(28)23-13-8-14-29(23)25(30)26-20-10-7-9-19(17-20)18-32-16-15-31-4-2/h5-7,9-12,17,23H,3-4,8,13-16,18H2,1-2H3,(H,26,30). The molecule has 2 amide bonds. The minimum Gasteiger partial charge on any atom is -0.379 e. The maximum Gasteiger partial charge on any atom is 0.322 e. The van der Waals surface area contributed by atoms with E-state index in [1.807, 2.05) is 54.3 Å². The second-order valence-electron chi connectivity index (χ2n) is 7.93. The first-order valence-corrected chi connectivity index (χ1v) is 11.5. The van der Waals surface area contributed by atoms with Gasteiger partial charge in [0.15, 0.2) is 0 Å². The lowest BCUT2D eigenvalue weighted by Crippen LogP contribution is -2.35. The fourth-order valence-corrected chi connectivity index (χ4v) is 4.35. The molecule has 1 N–H and O–H groups in total. The number of nitrogens with zero attached hydrogens (tertiary/aromatic N) is 3. The maximum atomic E-state index is 13.2. The lowest BCUT2D eigenvalue weighted by atomic mass is 10.2. The molecule has 1 unspecified atom stereocenters. The number of aromatic nitrogens is 2. The van der Waals surface area contributed by atoms with Gasteiger partial charge in [0.05, 0.1) is 36.9 Å². The lowest BCUT2D eigenvalue weighted by molar-refractivity contribution is 0.0453. The lowest BCUT2D eigenvalue weighted by Gasteiger charge is -2.25. The first kappa shape index (κ1) is 22.3. The van der Waals surface area contributed by atoms with Crippen LogP contribution in [0.2, 0.25) is 0 Å². The van der Waals surface area contributed by atoms with Crippen LogP contribution in [0.15, 0.2) is 48.5 Å². The highest BCUT2D eigenvalue weighted by molar-refractivity contribution is 5.90. The molecule has 4 rings (SSSR count). The number of aryl methyl sites for hydroxylation is 1. The van der Waals surface area contributed by atoms with Gasteiger partial charge in [0.2, 0.25) is 0 Å². The summed E-state index contributed by atoms with van der Waals surface area (Å²) in [5, 5.41) is 3.08. The summed E-state index contributed by atoms with van der Waals surface area (Å²) in [6, 6.07) is 15.9. The van der Waals surface area contributed by atoms with Crippen LogP contribution in [-0.4, -0.2) is 46.8 Å². The molecule has 1 aliphatic rings. The molecule has 7 nitrogen and oxygen atoms in total. The van der Waals surface area contributed by atoms with Crippen LogP contribution < -0.4 is 5.32 Å². The van der Waals surface area contributed by atoms with Gasteiger partial charge in [0, 0.05) is 25.4 Å². The van der Waals surface area contributed by atoms with Crippen molar-refractivity contribution < 1.29 is 14.3 Å². The summed E-state index contributed by atoms with van der Waals surface area (Å²) in [5.74, 6) is 0.970. The van der Waals surface area contributed by atoms with Gasteiger partial charge in [0.25, 0.3) is 0 Å². The Bertz CT molecular complexity index is 1050. The van der Waals surface area contributed by atoms with Gasteiger partial charge in [-0.05, 0) is 56.5 Å². The molecule has 0 spiro atoms. The molecule has 1 fully saturated rings. The van der Waals surface area contributed by atoms with Gasteiger partial charge in [-0.1, -0.05) is 24.3 Å². The van der Waals surface area contributed by atoms with Crippen molar-refractivity contribution in [1.29, 1.82) is 0 Å². The Morgan fingerprint density at radius 1 is 1.12 bits per heavy atom. The first-order valence-electron chi connectivity index (χ1n) is 11.5. The van der Waals surface area contributed by atoms with Gasteiger partial charge >= 0.3 is 6.03 Å². The van der Waals surface area contributed by atoms with Crippen LogP contribution in [0.1, 0.15) is 44.1 Å². The van der Waals surface area contributed by atoms with Crippen LogP contribution in [0.25, 0.3) is 11.0 Å². The van der Waals surface area contributed by atoms with Gasteiger partial charge in [-0.2, -0.15) is 0 Å². The molecule has 0 radical (unpaired) electrons. The number of hydrogen-bond donors (Lipinski definition) is 1. The number of carbonyl (C=O) groups is 1. The molecule has 0 bridgehead atoms. The predicted molar refractivity (Wildman–Crippen MR) is 126 cm³/mol. The van der Waals surface area contributed by atoms with Gasteiger partial charge < -0.3 is 24.3 Å². The molecule has 1 atom stereocenters. The second-order valence-corrected chi connectivity index (χ2v) is 7.93. The maximum absolute atomic E-state index is 13.2. The Balaban J connectivity index is 1.44. The number of hydrogen-bond acceptors (Lipinski definition) is 4. The van der Waals surface area contributed by atoms with E-state index >= 15 is 0 Å². The number of urea groups is 1. The topological polar surface area (TPSA) is 68.6 Å². The van der Waals surface area contributed by atoms with Gasteiger partial charge in [-0.3, -0.25) is 0 Å². The quantitative estimate of drug-likeness (QED) is 0.481. The summed E-state index contributed by atoms with van der Waals surface area (Å²) < 4.78 is 13.2. The molecule has 0 aliphatic carbocycles. The number of imidazole rings is 1. The van der Waals surface area contributed by atoms with Crippen molar-refractivity contribution in [2.75, 3.05) is 31.7 Å². The third-order valence-corrected chi connectivity index (χ3v) is 5.84. The van der Waals surface area contributed by atoms with Crippen LogP contribution in [-0.2, 0) is 22.6 Å². The normalized spacial score (nSPS) is 16.1. The monoisotopic (exact) mass is 436 g/mol. The van der Waals surface area contributed by atoms with E-state index in [9.17, 15) is 4.79 Å². The summed E-state index contributed by atoms with van der Waals surface area (Å²) in [6.07, 6.45) is 1.89. The van der Waals surface area contributed by atoms with Crippen molar-refractivity contribution in [3.63, 3.8) is 0 Å². The molecule has 2 heterocycles. The van der Waals surface area contributed by atoms with Crippen molar-refractivity contribution in [3.05, 3.63) is 59.9 Å². The smallest absolute Gasteiger partial charge is 0.322 e. The summed E-state index contributed by atoms with van der Waals surface area (Å²) in [6.45, 7) is 7.97. The van der Waals surface area contributed by atoms with E-state index in [0.717, 1.165) is 54.0 Å². The van der Waals surface area contributed by atoms with E-state index in [1.54, 1.807) is 0 Å². The van der Waals surface area contributed by atoms with Crippen LogP contribution in [0.5, 0.6) is 0 Å². The molecule has 0 saturated carbocycles. The van der Waals surface area contributed by atoms with Crippen molar-refractivity contribution in [2.45, 2.75) is 45.9 Å². The number of carbonyl (C=O) groups excluding carboxylic acids is 1. The molecule has 1 aliphatic heterocycles. The molecule has 170 valence electrons. The number of anilines is 1. The number of fused-ring (bicyclic) bond motifs is 1. The van der Waals surface area contributed by atoms with Crippen LogP contribution in [0, 0.1) is 0 Å². The molecule has 1 aromatic heterocycles. The van der Waals surface area contributed by atoms with Crippen LogP contribution in [0.3, 0.4) is 0 Å². The number of amides is 2. The van der Waals surface area contributed by atoms with E-state index in [1.165, 1.54) is 0 Å². The number of para-hydroxylation sites is 2. The Morgan fingerprint density at radius 3 is 2.81 bits per heavy atom. The third kappa shape index (κ3) is 4.95. The summed E-state index contributed by atoms with van der Waals surface area (Å²) in [5.41, 5.74) is 3.89. The largest absolute Gasteiger partial charge is 0.379 e. The number of rotatable bonds is 9. The molecular weight excluding hydrogens is 404 g/mol. The Labute approximate surface area is 189 Å². The number of benzene rings is 2. The van der Waals surface area contributed by atoms with E-state index in [0.29, 0.717) is 26.4 Å². The molecule has 3 aromatic rings. The van der Waals surface area contributed by atoms with Gasteiger partial charge in [0.1, 0.15) is 5.82 Å². The molecule has 2 aromatic carbocycles. The molecule has 1 saturated heterocycles. The zero-order chi connectivity index (χ0) is 22.3. The highest BCUT2D eigenvalue weighted by Gasteiger charge is 2.33. The summed E-state index contributed by atoms with van der Waals surface area (Å²) >= 11 is 0. The minimum atomic E-state index is -0.0865. The van der Waals surface area contributed by atoms with Crippen LogP contribution in [0.4, 0.5) is 10.5 Å². The zero-order valence-electron chi connectivity index (χ0n) is 18.9. The summed E-state index contributed by atoms with van der Waals surface area (Å²) in [7, 11) is 0. The zero-order valence-corrected chi connectivity index (χ0v) is 18.9. The highest BCUT2D eigenvalue weighted by Crippen LogP contribution is 2.34. The third-order valence-electron chi connectivity index (χ3n) is 5.84. The van der Waals surface area contributed by atoms with E-state index < -0.39 is 0 Å². The predicted octanol–water partition coefficient (Wildman–Crippen LogP) is 4.98. The van der Waals surface area contributed by atoms with Crippen molar-refractivity contribution in [1.82, 2.24) is 14.5 Å². The van der Waals surface area contributed by atoms with Crippen molar-refractivity contribution in [2.24, 2.45) is 0 Å². The fraction of sp³-hybridized carbons (Fsp3) is 0.440. The number of nitrogens with one attached hydrogen (secondary N) is 1. The molecule has 32 heavy (non-hydrogen) atoms. The Morgan fingerprint density at radius 2 is 1.97 bits per heavy atom. The van der Waals surface area contributed by atoms with Gasteiger partial charge in [-0.25, -0.2) is 9.78 Å². The van der Waals surface area contributed by atoms with Crippen molar-refractivity contribution in [3.8, 4) is 0 Å². The fourth-order valence-electron chi connectivity index (χ4n) is 4.35. The average molecular weight is 437 g/mol. The van der Waals surface area contributed by atoms with Gasteiger partial charge in [-0.15, -0.1) is 0 Å². The van der Waals surface area contributed by atoms with Crippen LogP contribution >= 0.6 is 0 Å². The first-order chi connectivity index (χ1) is 15.7. The average Bonchev–Trinajstić information content (AvgIpc) is 3.43.